The van der Waals surface area contributed by atoms with Crippen LogP contribution in [-0.4, -0.2) is 52.0 Å². The maximum atomic E-state index is 13.0. The number of rotatable bonds is 2. The molecule has 1 aromatic carbocycles. The molecular weight excluding hydrogens is 314 g/mol. The van der Waals surface area contributed by atoms with Crippen LogP contribution >= 0.6 is 0 Å². The third-order valence-electron chi connectivity index (χ3n) is 5.68. The average molecular weight is 339 g/mol. The van der Waals surface area contributed by atoms with Crippen molar-refractivity contribution in [3.8, 4) is 5.69 Å². The van der Waals surface area contributed by atoms with Crippen LogP contribution in [0.5, 0.6) is 0 Å². The molecule has 25 heavy (non-hydrogen) atoms. The summed E-state index contributed by atoms with van der Waals surface area (Å²) >= 11 is 0. The fraction of sp³-hybridized carbons (Fsp3) is 0.526. The summed E-state index contributed by atoms with van der Waals surface area (Å²) in [5.41, 5.74) is 3.42. The van der Waals surface area contributed by atoms with Crippen molar-refractivity contribution < 1.29 is 4.79 Å². The molecule has 0 saturated carbocycles. The number of fused-ring (bicyclic) bond motifs is 1. The van der Waals surface area contributed by atoms with E-state index in [1.165, 1.54) is 5.56 Å². The molecule has 0 spiro atoms. The Morgan fingerprint density at radius 1 is 1.08 bits per heavy atom. The minimum Gasteiger partial charge on any atom is -0.337 e. The Hall–Kier alpha value is -2.21. The summed E-state index contributed by atoms with van der Waals surface area (Å²) in [5.74, 6) is 1.44. The molecule has 0 unspecified atom stereocenters. The largest absolute Gasteiger partial charge is 0.337 e. The summed E-state index contributed by atoms with van der Waals surface area (Å²) in [4.78, 5) is 15.0. The molecule has 4 rings (SSSR count). The summed E-state index contributed by atoms with van der Waals surface area (Å²) in [6, 6.07) is 8.09. The van der Waals surface area contributed by atoms with Crippen molar-refractivity contribution in [1.29, 1.82) is 0 Å². The second kappa shape index (κ2) is 6.59. The molecule has 0 aliphatic carbocycles. The minimum atomic E-state index is 0.0174. The van der Waals surface area contributed by atoms with Crippen molar-refractivity contribution in [2.75, 3.05) is 26.2 Å². The lowest BCUT2D eigenvalue weighted by molar-refractivity contribution is 0.0751. The average Bonchev–Trinajstić information content (AvgIpc) is 3.17. The Balaban J connectivity index is 1.53. The van der Waals surface area contributed by atoms with Gasteiger partial charge in [-0.25, -0.2) is 4.68 Å². The summed E-state index contributed by atoms with van der Waals surface area (Å²) < 4.78 is 1.75. The number of nitrogens with one attached hydrogen (secondary N) is 1. The van der Waals surface area contributed by atoms with Gasteiger partial charge in [0.1, 0.15) is 0 Å². The number of nitrogens with zero attached hydrogens (tertiary/aromatic N) is 4. The van der Waals surface area contributed by atoms with E-state index in [-0.39, 0.29) is 5.91 Å². The second-order valence-corrected chi connectivity index (χ2v) is 7.32. The molecule has 2 aromatic rings. The highest BCUT2D eigenvalue weighted by atomic mass is 16.2. The zero-order chi connectivity index (χ0) is 17.4. The Bertz CT molecular complexity index is 753. The smallest absolute Gasteiger partial charge is 0.276 e. The fourth-order valence-electron chi connectivity index (χ4n) is 4.03. The zero-order valence-corrected chi connectivity index (χ0v) is 14.9. The van der Waals surface area contributed by atoms with Crippen molar-refractivity contribution in [3.05, 3.63) is 41.2 Å². The summed E-state index contributed by atoms with van der Waals surface area (Å²) in [7, 11) is 0. The number of amides is 1. The molecule has 0 bridgehead atoms. The summed E-state index contributed by atoms with van der Waals surface area (Å²) in [6.45, 7) is 7.79. The molecule has 6 nitrogen and oxygen atoms in total. The lowest BCUT2D eigenvalue weighted by Gasteiger charge is -2.20. The molecule has 3 heterocycles. The molecule has 132 valence electrons. The van der Waals surface area contributed by atoms with E-state index in [1.807, 2.05) is 36.1 Å². The molecule has 1 aromatic heterocycles. The first-order valence-electron chi connectivity index (χ1n) is 9.13. The third kappa shape index (κ3) is 3.06. The van der Waals surface area contributed by atoms with Crippen molar-refractivity contribution in [1.82, 2.24) is 25.2 Å². The van der Waals surface area contributed by atoms with Gasteiger partial charge in [0, 0.05) is 13.1 Å². The standard InChI is InChI=1S/C19H25N5O/c1-13-3-5-17(6-4-13)24-14(2)18(21-22-24)19(25)23-9-7-15-11-20-12-16(15)8-10-23/h3-6,15-16,20H,7-12H2,1-2H3/t15-,16+. The van der Waals surface area contributed by atoms with Crippen LogP contribution in [0.2, 0.25) is 0 Å². The first-order valence-corrected chi connectivity index (χ1v) is 9.13. The van der Waals surface area contributed by atoms with E-state index in [0.29, 0.717) is 17.5 Å². The maximum absolute atomic E-state index is 13.0. The van der Waals surface area contributed by atoms with E-state index >= 15 is 0 Å². The minimum absolute atomic E-state index is 0.0174. The summed E-state index contributed by atoms with van der Waals surface area (Å²) in [5, 5.41) is 11.9. The molecule has 6 heteroatoms. The molecule has 2 aliphatic rings. The van der Waals surface area contributed by atoms with Gasteiger partial charge >= 0.3 is 0 Å². The predicted molar refractivity (Wildman–Crippen MR) is 95.8 cm³/mol. The Morgan fingerprint density at radius 2 is 1.72 bits per heavy atom. The van der Waals surface area contributed by atoms with E-state index in [9.17, 15) is 4.79 Å². The number of aromatic nitrogens is 3. The van der Waals surface area contributed by atoms with Crippen LogP contribution in [-0.2, 0) is 0 Å². The van der Waals surface area contributed by atoms with Gasteiger partial charge in [0.05, 0.1) is 11.4 Å². The Morgan fingerprint density at radius 3 is 2.36 bits per heavy atom. The monoisotopic (exact) mass is 339 g/mol. The number of carbonyl (C=O) groups is 1. The van der Waals surface area contributed by atoms with Gasteiger partial charge in [0.15, 0.2) is 5.69 Å². The van der Waals surface area contributed by atoms with Gasteiger partial charge in [0.25, 0.3) is 5.91 Å². The molecule has 2 atom stereocenters. The molecule has 2 saturated heterocycles. The first kappa shape index (κ1) is 16.3. The van der Waals surface area contributed by atoms with Crippen LogP contribution in [0.1, 0.15) is 34.6 Å². The van der Waals surface area contributed by atoms with E-state index in [1.54, 1.807) is 4.68 Å². The highest BCUT2D eigenvalue weighted by Crippen LogP contribution is 2.28. The number of hydrogen-bond acceptors (Lipinski definition) is 4. The number of benzene rings is 1. The SMILES string of the molecule is Cc1ccc(-n2nnc(C(=O)N3CC[C@@H]4CNC[C@@H]4CC3)c2C)cc1. The van der Waals surface area contributed by atoms with Crippen molar-refractivity contribution in [3.63, 3.8) is 0 Å². The number of aryl methyl sites for hydroxylation is 1. The van der Waals surface area contributed by atoms with Gasteiger partial charge in [0.2, 0.25) is 0 Å². The van der Waals surface area contributed by atoms with E-state index < -0.39 is 0 Å². The quantitative estimate of drug-likeness (QED) is 0.908. The van der Waals surface area contributed by atoms with Crippen LogP contribution in [0.4, 0.5) is 0 Å². The molecule has 0 radical (unpaired) electrons. The van der Waals surface area contributed by atoms with Gasteiger partial charge < -0.3 is 10.2 Å². The third-order valence-corrected chi connectivity index (χ3v) is 5.68. The van der Waals surface area contributed by atoms with Gasteiger partial charge in [-0.15, -0.1) is 5.10 Å². The maximum Gasteiger partial charge on any atom is 0.276 e. The molecule has 1 N–H and O–H groups in total. The zero-order valence-electron chi connectivity index (χ0n) is 14.9. The van der Waals surface area contributed by atoms with Crippen LogP contribution in [0.3, 0.4) is 0 Å². The van der Waals surface area contributed by atoms with Gasteiger partial charge in [-0.3, -0.25) is 4.79 Å². The summed E-state index contributed by atoms with van der Waals surface area (Å²) in [6.07, 6.45) is 2.16. The van der Waals surface area contributed by atoms with E-state index in [0.717, 1.165) is 50.4 Å². The van der Waals surface area contributed by atoms with Crippen LogP contribution < -0.4 is 5.32 Å². The first-order chi connectivity index (χ1) is 12.1. The topological polar surface area (TPSA) is 63.1 Å². The lowest BCUT2D eigenvalue weighted by atomic mass is 9.92. The molecule has 1 amide bonds. The lowest BCUT2D eigenvalue weighted by Crippen LogP contribution is -2.33. The van der Waals surface area contributed by atoms with E-state index in [2.05, 4.69) is 22.6 Å². The molecular formula is C19H25N5O. The Labute approximate surface area is 148 Å². The van der Waals surface area contributed by atoms with E-state index in [4.69, 9.17) is 0 Å². The highest BCUT2D eigenvalue weighted by Gasteiger charge is 2.32. The van der Waals surface area contributed by atoms with Gasteiger partial charge in [-0.1, -0.05) is 22.9 Å². The van der Waals surface area contributed by atoms with Crippen molar-refractivity contribution in [2.24, 2.45) is 11.8 Å². The molecule has 2 aliphatic heterocycles. The number of likely N-dealkylation sites (tertiary alicyclic amines) is 1. The van der Waals surface area contributed by atoms with Crippen molar-refractivity contribution in [2.45, 2.75) is 26.7 Å². The normalized spacial score (nSPS) is 23.4. The predicted octanol–water partition coefficient (Wildman–Crippen LogP) is 1.96. The Kier molecular flexibility index (Phi) is 4.29. The second-order valence-electron chi connectivity index (χ2n) is 7.32. The van der Waals surface area contributed by atoms with Crippen LogP contribution in [0, 0.1) is 25.7 Å². The number of hydrogen-bond donors (Lipinski definition) is 1. The van der Waals surface area contributed by atoms with Crippen LogP contribution in [0.15, 0.2) is 24.3 Å². The highest BCUT2D eigenvalue weighted by molar-refractivity contribution is 5.93. The fourth-order valence-corrected chi connectivity index (χ4v) is 4.03. The van der Waals surface area contributed by atoms with Crippen LogP contribution in [0.25, 0.3) is 5.69 Å². The number of carbonyl (C=O) groups excluding carboxylic acids is 1. The molecule has 2 fully saturated rings. The van der Waals surface area contributed by atoms with Gasteiger partial charge in [-0.05, 0) is 63.7 Å². The van der Waals surface area contributed by atoms with Crippen molar-refractivity contribution >= 4 is 5.91 Å². The van der Waals surface area contributed by atoms with Gasteiger partial charge in [-0.2, -0.15) is 0 Å².